The van der Waals surface area contributed by atoms with Crippen LogP contribution in [0.3, 0.4) is 0 Å². The number of morpholine rings is 1. The van der Waals surface area contributed by atoms with Crippen LogP contribution >= 0.6 is 11.8 Å². The highest BCUT2D eigenvalue weighted by atomic mass is 32.2. The van der Waals surface area contributed by atoms with Crippen molar-refractivity contribution < 1.29 is 4.74 Å². The average molecular weight is 281 g/mol. The lowest BCUT2D eigenvalue weighted by Gasteiger charge is -2.27. The number of aromatic nitrogens is 3. The molecule has 2 rings (SSSR count). The Kier molecular flexibility index (Phi) is 5.48. The molecule has 1 aromatic rings. The van der Waals surface area contributed by atoms with E-state index in [1.807, 2.05) is 0 Å². The van der Waals surface area contributed by atoms with Gasteiger partial charge in [0.1, 0.15) is 0 Å². The van der Waals surface area contributed by atoms with Crippen molar-refractivity contribution in [2.24, 2.45) is 0 Å². The highest BCUT2D eigenvalue weighted by Gasteiger charge is 2.19. The van der Waals surface area contributed by atoms with Crippen molar-refractivity contribution in [2.45, 2.75) is 31.5 Å². The van der Waals surface area contributed by atoms with Crippen LogP contribution < -0.4 is 4.90 Å². The van der Waals surface area contributed by atoms with Gasteiger partial charge in [0.2, 0.25) is 5.95 Å². The third-order valence-corrected chi connectivity index (χ3v) is 4.02. The molecule has 1 aliphatic rings. The van der Waals surface area contributed by atoms with Crippen LogP contribution in [0.5, 0.6) is 0 Å². The quantitative estimate of drug-likeness (QED) is 0.582. The predicted molar refractivity (Wildman–Crippen MR) is 74.3 cm³/mol. The van der Waals surface area contributed by atoms with Gasteiger partial charge in [-0.3, -0.25) is 4.57 Å². The fourth-order valence-corrected chi connectivity index (χ4v) is 2.91. The van der Waals surface area contributed by atoms with Crippen LogP contribution in [0.4, 0.5) is 5.95 Å². The van der Waals surface area contributed by atoms with E-state index < -0.39 is 0 Å². The van der Waals surface area contributed by atoms with E-state index in [2.05, 4.69) is 32.7 Å². The second-order valence-corrected chi connectivity index (χ2v) is 5.30. The van der Waals surface area contributed by atoms with E-state index in [0.717, 1.165) is 56.1 Å². The fraction of sp³-hybridized carbons (Fsp3) is 0.750. The number of ether oxygens (including phenoxy) is 1. The van der Waals surface area contributed by atoms with Crippen molar-refractivity contribution in [3.8, 4) is 6.07 Å². The topological polar surface area (TPSA) is 67.0 Å². The first-order valence-electron chi connectivity index (χ1n) is 6.62. The van der Waals surface area contributed by atoms with Gasteiger partial charge in [0.05, 0.1) is 19.3 Å². The molecule has 0 N–H and O–H groups in total. The van der Waals surface area contributed by atoms with Gasteiger partial charge in [-0.05, 0) is 13.3 Å². The summed E-state index contributed by atoms with van der Waals surface area (Å²) in [6, 6.07) is 2.16. The van der Waals surface area contributed by atoms with Gasteiger partial charge in [-0.1, -0.05) is 11.8 Å². The van der Waals surface area contributed by atoms with Crippen LogP contribution in [-0.2, 0) is 11.3 Å². The van der Waals surface area contributed by atoms with E-state index in [1.54, 1.807) is 11.8 Å². The summed E-state index contributed by atoms with van der Waals surface area (Å²) in [5, 5.41) is 18.1. The molecule has 1 aliphatic heterocycles. The van der Waals surface area contributed by atoms with Crippen LogP contribution in [0, 0.1) is 11.3 Å². The molecule has 104 valence electrons. The summed E-state index contributed by atoms with van der Waals surface area (Å²) < 4.78 is 7.50. The highest BCUT2D eigenvalue weighted by molar-refractivity contribution is 7.99. The maximum Gasteiger partial charge on any atom is 0.228 e. The summed E-state index contributed by atoms with van der Waals surface area (Å²) in [4.78, 5) is 2.22. The third-order valence-electron chi connectivity index (χ3n) is 2.97. The van der Waals surface area contributed by atoms with E-state index in [0.29, 0.717) is 6.42 Å². The Hall–Kier alpha value is -1.26. The summed E-state index contributed by atoms with van der Waals surface area (Å²) in [5.41, 5.74) is 0. The summed E-state index contributed by atoms with van der Waals surface area (Å²) >= 11 is 1.68. The Bertz CT molecular complexity index is 436. The fourth-order valence-electron chi connectivity index (χ4n) is 1.98. The number of nitriles is 1. The van der Waals surface area contributed by atoms with Crippen molar-refractivity contribution in [1.29, 1.82) is 5.26 Å². The molecule has 7 heteroatoms. The normalized spacial score (nSPS) is 15.5. The van der Waals surface area contributed by atoms with Crippen LogP contribution in [0.15, 0.2) is 5.16 Å². The monoisotopic (exact) mass is 281 g/mol. The van der Waals surface area contributed by atoms with E-state index in [9.17, 15) is 0 Å². The number of rotatable bonds is 6. The van der Waals surface area contributed by atoms with Gasteiger partial charge < -0.3 is 9.64 Å². The van der Waals surface area contributed by atoms with Crippen molar-refractivity contribution in [3.05, 3.63) is 0 Å². The molecule has 0 saturated carbocycles. The second-order valence-electron chi connectivity index (χ2n) is 4.24. The summed E-state index contributed by atoms with van der Waals surface area (Å²) in [6.07, 6.45) is 1.49. The number of hydrogen-bond donors (Lipinski definition) is 0. The third kappa shape index (κ3) is 3.61. The van der Waals surface area contributed by atoms with Crippen molar-refractivity contribution in [3.63, 3.8) is 0 Å². The first kappa shape index (κ1) is 14.2. The van der Waals surface area contributed by atoms with Crippen molar-refractivity contribution in [2.75, 3.05) is 37.0 Å². The van der Waals surface area contributed by atoms with Gasteiger partial charge in [-0.15, -0.1) is 10.2 Å². The van der Waals surface area contributed by atoms with Crippen molar-refractivity contribution >= 4 is 17.7 Å². The number of thioether (sulfide) groups is 1. The zero-order chi connectivity index (χ0) is 13.5. The Morgan fingerprint density at radius 2 is 2.16 bits per heavy atom. The molecule has 0 spiro atoms. The molecule has 6 nitrogen and oxygen atoms in total. The minimum absolute atomic E-state index is 0.601. The molecule has 0 atom stereocenters. The van der Waals surface area contributed by atoms with Crippen LogP contribution in [0.25, 0.3) is 0 Å². The Morgan fingerprint density at radius 3 is 2.84 bits per heavy atom. The first-order valence-corrected chi connectivity index (χ1v) is 7.61. The minimum atomic E-state index is 0.601. The van der Waals surface area contributed by atoms with E-state index >= 15 is 0 Å². The molecule has 0 amide bonds. The van der Waals surface area contributed by atoms with Gasteiger partial charge in [0, 0.05) is 31.8 Å². The van der Waals surface area contributed by atoms with Crippen LogP contribution in [-0.4, -0.2) is 46.8 Å². The average Bonchev–Trinajstić information content (AvgIpc) is 2.87. The lowest BCUT2D eigenvalue weighted by Crippen LogP contribution is -2.38. The standard InChI is InChI=1S/C12H19N5OS/c1-2-17-11(16-6-8-18-9-7-16)14-15-12(17)19-10-4-3-5-13/h2-4,6-10H2,1H3. The second kappa shape index (κ2) is 7.36. The summed E-state index contributed by atoms with van der Waals surface area (Å²) in [7, 11) is 0. The smallest absolute Gasteiger partial charge is 0.228 e. The van der Waals surface area contributed by atoms with Gasteiger partial charge in [0.25, 0.3) is 0 Å². The van der Waals surface area contributed by atoms with E-state index in [1.165, 1.54) is 0 Å². The molecule has 0 unspecified atom stereocenters. The van der Waals surface area contributed by atoms with E-state index in [4.69, 9.17) is 10.00 Å². The Labute approximate surface area is 117 Å². The van der Waals surface area contributed by atoms with E-state index in [-0.39, 0.29) is 0 Å². The minimum Gasteiger partial charge on any atom is -0.378 e. The molecule has 1 fully saturated rings. The maximum atomic E-state index is 8.53. The number of unbranched alkanes of at least 4 members (excludes halogenated alkanes) is 1. The zero-order valence-electron chi connectivity index (χ0n) is 11.2. The molecule has 2 heterocycles. The predicted octanol–water partition coefficient (Wildman–Crippen LogP) is 1.53. The van der Waals surface area contributed by atoms with Gasteiger partial charge in [-0.25, -0.2) is 0 Å². The van der Waals surface area contributed by atoms with Crippen LogP contribution in [0.1, 0.15) is 19.8 Å². The lowest BCUT2D eigenvalue weighted by molar-refractivity contribution is 0.121. The zero-order valence-corrected chi connectivity index (χ0v) is 12.0. The van der Waals surface area contributed by atoms with Gasteiger partial charge >= 0.3 is 0 Å². The first-order chi connectivity index (χ1) is 9.36. The Morgan fingerprint density at radius 1 is 1.37 bits per heavy atom. The van der Waals surface area contributed by atoms with Crippen LogP contribution in [0.2, 0.25) is 0 Å². The SMILES string of the molecule is CCn1c(SCCCC#N)nnc1N1CCOCC1. The molecule has 0 radical (unpaired) electrons. The highest BCUT2D eigenvalue weighted by Crippen LogP contribution is 2.23. The molecule has 1 aromatic heterocycles. The number of anilines is 1. The largest absolute Gasteiger partial charge is 0.378 e. The molecule has 0 aromatic carbocycles. The maximum absolute atomic E-state index is 8.53. The molecule has 1 saturated heterocycles. The number of hydrogen-bond acceptors (Lipinski definition) is 6. The Balaban J connectivity index is 2.00. The van der Waals surface area contributed by atoms with Gasteiger partial charge in [0.15, 0.2) is 5.16 Å². The molecular formula is C12H19N5OS. The number of nitrogens with zero attached hydrogens (tertiary/aromatic N) is 5. The lowest BCUT2D eigenvalue weighted by atomic mass is 10.4. The molecule has 0 bridgehead atoms. The molecule has 0 aliphatic carbocycles. The summed E-state index contributed by atoms with van der Waals surface area (Å²) in [6.45, 7) is 6.21. The summed E-state index contributed by atoms with van der Waals surface area (Å²) in [5.74, 6) is 1.85. The van der Waals surface area contributed by atoms with Crippen molar-refractivity contribution in [1.82, 2.24) is 14.8 Å². The van der Waals surface area contributed by atoms with Gasteiger partial charge in [-0.2, -0.15) is 5.26 Å². The molecular weight excluding hydrogens is 262 g/mol. The molecule has 19 heavy (non-hydrogen) atoms.